The van der Waals surface area contributed by atoms with Crippen LogP contribution in [-0.2, 0) is 26.4 Å². The van der Waals surface area contributed by atoms with Gasteiger partial charge in [-0.25, -0.2) is 21.6 Å². The Hall–Kier alpha value is -2.65. The Morgan fingerprint density at radius 3 is 2.29 bits per heavy atom. The van der Waals surface area contributed by atoms with Crippen LogP contribution >= 0.6 is 34.8 Å². The predicted octanol–water partition coefficient (Wildman–Crippen LogP) is 6.30. The number of amidine groups is 1. The van der Waals surface area contributed by atoms with E-state index >= 15 is 0 Å². The normalized spacial score (nSPS) is 19.2. The number of hydrogen-bond acceptors (Lipinski definition) is 8. The summed E-state index contributed by atoms with van der Waals surface area (Å²) in [5.41, 5.74) is 1.12. The van der Waals surface area contributed by atoms with Crippen LogP contribution < -0.4 is 4.74 Å². The summed E-state index contributed by atoms with van der Waals surface area (Å²) in [6, 6.07) is 9.87. The molecule has 2 amide bonds. The molecule has 11 nitrogen and oxygen atoms in total. The van der Waals surface area contributed by atoms with Crippen LogP contribution in [0.2, 0.25) is 10.0 Å². The number of sulfone groups is 1. The fourth-order valence-electron chi connectivity index (χ4n) is 6.43. The van der Waals surface area contributed by atoms with E-state index in [1.54, 1.807) is 21.9 Å². The van der Waals surface area contributed by atoms with Gasteiger partial charge in [0.15, 0.2) is 0 Å². The number of rotatable bonds is 13. The SMILES string of the molecule is CCOc1cc(Cl)c(S(=O)(=O)N2CCCC2)cc1C(=NCC1C=CC(Cl)=CC1)N(Cc1ccc(Cl)cc1)C(=O)N1CCN(CCCS(C)(=O)=O)CC1. The van der Waals surface area contributed by atoms with Gasteiger partial charge in [0, 0.05) is 74.1 Å². The number of urea groups is 1. The van der Waals surface area contributed by atoms with E-state index in [1.165, 1.54) is 22.7 Å². The molecule has 1 atom stereocenters. The second kappa shape index (κ2) is 18.1. The smallest absolute Gasteiger partial charge is 0.326 e. The molecular formula is C36H46Cl3N5O6S2. The van der Waals surface area contributed by atoms with Crippen molar-refractivity contribution in [1.82, 2.24) is 19.0 Å². The summed E-state index contributed by atoms with van der Waals surface area (Å²) < 4.78 is 58.8. The summed E-state index contributed by atoms with van der Waals surface area (Å²) >= 11 is 19.2. The fraction of sp³-hybridized carbons (Fsp3) is 0.500. The fourth-order valence-corrected chi connectivity index (χ4v) is 9.41. The number of ether oxygens (including phenoxy) is 1. The molecule has 1 unspecified atom stereocenters. The molecule has 0 N–H and O–H groups in total. The molecule has 52 heavy (non-hydrogen) atoms. The summed E-state index contributed by atoms with van der Waals surface area (Å²) in [7, 11) is -7.03. The largest absolute Gasteiger partial charge is 0.493 e. The molecule has 284 valence electrons. The van der Waals surface area contributed by atoms with Crippen molar-refractivity contribution < 1.29 is 26.4 Å². The molecule has 2 fully saturated rings. The van der Waals surface area contributed by atoms with Gasteiger partial charge < -0.3 is 9.64 Å². The number of benzene rings is 2. The molecule has 0 saturated carbocycles. The average molecular weight is 815 g/mol. The first-order chi connectivity index (χ1) is 24.7. The van der Waals surface area contributed by atoms with Gasteiger partial charge in [0.25, 0.3) is 0 Å². The first kappa shape index (κ1) is 40.5. The molecule has 5 rings (SSSR count). The van der Waals surface area contributed by atoms with Crippen molar-refractivity contribution in [2.75, 3.05) is 71.0 Å². The molecule has 3 aliphatic rings. The maximum atomic E-state index is 14.8. The Bertz CT molecular complexity index is 1890. The molecule has 2 heterocycles. The second-order valence-electron chi connectivity index (χ2n) is 13.2. The van der Waals surface area contributed by atoms with Crippen LogP contribution in [-0.4, -0.2) is 119 Å². The number of aliphatic imine (C=N–C) groups is 1. The van der Waals surface area contributed by atoms with Crippen molar-refractivity contribution in [2.24, 2.45) is 10.9 Å². The minimum Gasteiger partial charge on any atom is -0.493 e. The number of sulfonamides is 1. The van der Waals surface area contributed by atoms with Gasteiger partial charge in [-0.15, -0.1) is 0 Å². The van der Waals surface area contributed by atoms with E-state index in [4.69, 9.17) is 44.5 Å². The number of halogens is 3. The molecule has 0 bridgehead atoms. The van der Waals surface area contributed by atoms with Crippen LogP contribution in [0, 0.1) is 5.92 Å². The molecule has 0 spiro atoms. The molecule has 0 radical (unpaired) electrons. The Labute approximate surface area is 322 Å². The molecule has 1 aliphatic carbocycles. The van der Waals surface area contributed by atoms with Crippen LogP contribution in [0.15, 0.2) is 69.5 Å². The highest BCUT2D eigenvalue weighted by Crippen LogP contribution is 2.35. The van der Waals surface area contributed by atoms with Gasteiger partial charge >= 0.3 is 6.03 Å². The van der Waals surface area contributed by atoms with Gasteiger partial charge in [-0.05, 0) is 69.0 Å². The zero-order chi connectivity index (χ0) is 37.5. The van der Waals surface area contributed by atoms with E-state index in [-0.39, 0.29) is 53.2 Å². The minimum atomic E-state index is -3.97. The third-order valence-corrected chi connectivity index (χ3v) is 13.2. The van der Waals surface area contributed by atoms with Gasteiger partial charge in [-0.2, -0.15) is 4.31 Å². The number of amides is 2. The molecule has 16 heteroatoms. The lowest BCUT2D eigenvalue weighted by Gasteiger charge is -2.38. The summed E-state index contributed by atoms with van der Waals surface area (Å²) in [4.78, 5) is 25.3. The van der Waals surface area contributed by atoms with Gasteiger partial charge in [-0.3, -0.25) is 14.8 Å². The number of allylic oxidation sites excluding steroid dienone is 3. The Kier molecular flexibility index (Phi) is 14.1. The third kappa shape index (κ3) is 10.7. The van der Waals surface area contributed by atoms with E-state index < -0.39 is 19.9 Å². The number of piperazine rings is 1. The number of hydrogen-bond donors (Lipinski definition) is 0. The molecular weight excluding hydrogens is 769 g/mol. The number of nitrogens with zero attached hydrogens (tertiary/aromatic N) is 5. The maximum Gasteiger partial charge on any atom is 0.326 e. The predicted molar refractivity (Wildman–Crippen MR) is 208 cm³/mol. The van der Waals surface area contributed by atoms with Crippen LogP contribution in [0.25, 0.3) is 0 Å². The van der Waals surface area contributed by atoms with Gasteiger partial charge in [0.05, 0.1) is 29.5 Å². The number of carbonyl (C=O) groups is 1. The summed E-state index contributed by atoms with van der Waals surface area (Å²) in [6.07, 6.45) is 9.63. The highest BCUT2D eigenvalue weighted by Gasteiger charge is 2.34. The van der Waals surface area contributed by atoms with E-state index in [0.29, 0.717) is 80.0 Å². The maximum absolute atomic E-state index is 14.8. The highest BCUT2D eigenvalue weighted by molar-refractivity contribution is 7.90. The van der Waals surface area contributed by atoms with E-state index in [1.807, 2.05) is 37.3 Å². The Balaban J connectivity index is 1.57. The zero-order valence-electron chi connectivity index (χ0n) is 29.5. The van der Waals surface area contributed by atoms with Gasteiger partial charge in [0.1, 0.15) is 26.3 Å². The van der Waals surface area contributed by atoms with E-state index in [0.717, 1.165) is 18.4 Å². The van der Waals surface area contributed by atoms with Crippen molar-refractivity contribution in [3.05, 3.63) is 80.8 Å². The highest BCUT2D eigenvalue weighted by atomic mass is 35.5. The van der Waals surface area contributed by atoms with Crippen molar-refractivity contribution in [2.45, 2.75) is 44.0 Å². The van der Waals surface area contributed by atoms with Crippen molar-refractivity contribution in [3.63, 3.8) is 0 Å². The molecule has 0 aromatic heterocycles. The van der Waals surface area contributed by atoms with Crippen LogP contribution in [0.1, 0.15) is 43.7 Å². The lowest BCUT2D eigenvalue weighted by molar-refractivity contribution is 0.125. The number of carbonyl (C=O) groups excluding carboxylic acids is 1. The van der Waals surface area contributed by atoms with Gasteiger partial charge in [0.2, 0.25) is 10.0 Å². The van der Waals surface area contributed by atoms with E-state index in [9.17, 15) is 21.6 Å². The monoisotopic (exact) mass is 813 g/mol. The van der Waals surface area contributed by atoms with E-state index in [2.05, 4.69) is 4.90 Å². The Morgan fingerprint density at radius 2 is 1.67 bits per heavy atom. The third-order valence-electron chi connectivity index (χ3n) is 9.25. The van der Waals surface area contributed by atoms with Gasteiger partial charge in [-0.1, -0.05) is 59.1 Å². The average Bonchev–Trinajstić information content (AvgIpc) is 3.66. The molecule has 2 saturated heterocycles. The molecule has 2 aromatic rings. The Morgan fingerprint density at radius 1 is 0.981 bits per heavy atom. The zero-order valence-corrected chi connectivity index (χ0v) is 33.4. The van der Waals surface area contributed by atoms with Crippen LogP contribution in [0.3, 0.4) is 0 Å². The summed E-state index contributed by atoms with van der Waals surface area (Å²) in [5, 5.41) is 1.21. The second-order valence-corrected chi connectivity index (χ2v) is 18.7. The standard InChI is InChI=1S/C36H46Cl3N5O6S2/c1-3-50-33-24-32(39)34(52(48,49)43-16-4-5-17-43)23-31(33)35(40-25-27-7-11-29(37)12-8-27)44(26-28-9-13-30(38)14-10-28)36(45)42-20-18-41(19-21-42)15-6-22-51(2,46)47/h7,9-14,23-24,27H,3-6,8,15-22,25-26H2,1-2H3. The van der Waals surface area contributed by atoms with Crippen molar-refractivity contribution in [3.8, 4) is 5.75 Å². The summed E-state index contributed by atoms with van der Waals surface area (Å²) in [5.74, 6) is 0.648. The quantitative estimate of drug-likeness (QED) is 0.172. The first-order valence-corrected chi connectivity index (χ1v) is 22.1. The van der Waals surface area contributed by atoms with Crippen LogP contribution in [0.4, 0.5) is 4.79 Å². The first-order valence-electron chi connectivity index (χ1n) is 17.5. The van der Waals surface area contributed by atoms with Crippen molar-refractivity contribution in [1.29, 1.82) is 0 Å². The summed E-state index contributed by atoms with van der Waals surface area (Å²) in [6.45, 7) is 5.83. The minimum absolute atomic E-state index is 0.0175. The lowest BCUT2D eigenvalue weighted by atomic mass is 10.0. The van der Waals surface area contributed by atoms with Crippen molar-refractivity contribution >= 4 is 66.5 Å². The molecule has 2 aromatic carbocycles. The topological polar surface area (TPSA) is 120 Å². The lowest BCUT2D eigenvalue weighted by Crippen LogP contribution is -2.54. The van der Waals surface area contributed by atoms with Crippen LogP contribution in [0.5, 0.6) is 5.75 Å². The molecule has 2 aliphatic heterocycles.